The van der Waals surface area contributed by atoms with Gasteiger partial charge in [0.25, 0.3) is 5.91 Å². The molecule has 4 aliphatic rings. The largest absolute Gasteiger partial charge is 0.461 e. The van der Waals surface area contributed by atoms with Crippen molar-refractivity contribution in [3.8, 4) is 6.01 Å². The Morgan fingerprint density at radius 3 is 2.69 bits per heavy atom. The predicted octanol–water partition coefficient (Wildman–Crippen LogP) is 5.52. The molecule has 1 amide bonds. The number of fused-ring (bicyclic) bond motifs is 3. The molecule has 1 aromatic heterocycles. The summed E-state index contributed by atoms with van der Waals surface area (Å²) in [6.45, 7) is 14.7. The summed E-state index contributed by atoms with van der Waals surface area (Å²) in [5, 5.41) is 2.70. The van der Waals surface area contributed by atoms with Crippen molar-refractivity contribution in [2.75, 3.05) is 50.8 Å². The van der Waals surface area contributed by atoms with Crippen molar-refractivity contribution in [2.45, 2.75) is 56.4 Å². The molecule has 0 radical (unpaired) electrons. The zero-order valence-electron chi connectivity index (χ0n) is 25.2. The van der Waals surface area contributed by atoms with Gasteiger partial charge in [0.15, 0.2) is 5.83 Å². The predicted molar refractivity (Wildman–Crippen MR) is 170 cm³/mol. The maximum atomic E-state index is 13.9. The van der Waals surface area contributed by atoms with Crippen LogP contribution in [0.15, 0.2) is 48.8 Å². The zero-order chi connectivity index (χ0) is 31.1. The van der Waals surface area contributed by atoms with Crippen molar-refractivity contribution < 1.29 is 18.7 Å². The van der Waals surface area contributed by atoms with Gasteiger partial charge in [-0.1, -0.05) is 48.5 Å². The Kier molecular flexibility index (Phi) is 8.11. The first kappa shape index (κ1) is 29.9. The molecule has 3 aromatic rings. The molecule has 11 heteroatoms. The minimum absolute atomic E-state index is 0.0340. The molecule has 7 rings (SSSR count). The van der Waals surface area contributed by atoms with Crippen LogP contribution < -0.4 is 9.64 Å². The average molecular weight is 631 g/mol. The molecule has 3 saturated heterocycles. The van der Waals surface area contributed by atoms with E-state index in [0.717, 1.165) is 53.5 Å². The van der Waals surface area contributed by atoms with Crippen LogP contribution in [0.1, 0.15) is 48.6 Å². The number of amides is 1. The molecule has 45 heavy (non-hydrogen) atoms. The summed E-state index contributed by atoms with van der Waals surface area (Å²) in [7, 11) is 0. The summed E-state index contributed by atoms with van der Waals surface area (Å²) in [5.74, 6) is -1.11. The van der Waals surface area contributed by atoms with E-state index in [2.05, 4.69) is 27.3 Å². The molecule has 5 heterocycles. The monoisotopic (exact) mass is 630 g/mol. The van der Waals surface area contributed by atoms with Gasteiger partial charge in [-0.15, -0.1) is 0 Å². The van der Waals surface area contributed by atoms with Crippen LogP contribution in [0.3, 0.4) is 0 Å². The van der Waals surface area contributed by atoms with E-state index >= 15 is 0 Å². The van der Waals surface area contributed by atoms with Gasteiger partial charge in [-0.2, -0.15) is 9.97 Å². The number of rotatable bonds is 7. The second kappa shape index (κ2) is 12.2. The fraction of sp³-hybridized carbons (Fsp3) is 0.471. The fourth-order valence-corrected chi connectivity index (χ4v) is 8.03. The van der Waals surface area contributed by atoms with Crippen molar-refractivity contribution in [1.82, 2.24) is 19.8 Å². The number of hydrogen-bond acceptors (Lipinski definition) is 7. The normalized spacial score (nSPS) is 22.6. The lowest BCUT2D eigenvalue weighted by Crippen LogP contribution is -2.57. The van der Waals surface area contributed by atoms with Crippen molar-refractivity contribution in [2.24, 2.45) is 0 Å². The second-order valence-electron chi connectivity index (χ2n) is 12.5. The van der Waals surface area contributed by atoms with Gasteiger partial charge in [-0.25, -0.2) is 11.0 Å². The summed E-state index contributed by atoms with van der Waals surface area (Å²) in [6, 6.07) is 11.8. The van der Waals surface area contributed by atoms with Gasteiger partial charge in [0.1, 0.15) is 18.5 Å². The first-order valence-corrected chi connectivity index (χ1v) is 16.0. The molecule has 3 fully saturated rings. The number of halogens is 2. The quantitative estimate of drug-likeness (QED) is 0.251. The summed E-state index contributed by atoms with van der Waals surface area (Å²) in [6.07, 6.45) is 4.80. The number of nitrogens with zero attached hydrogens (tertiary/aromatic N) is 6. The van der Waals surface area contributed by atoms with E-state index in [1.165, 1.54) is 17.7 Å². The molecule has 2 atom stereocenters. The third-order valence-corrected chi connectivity index (χ3v) is 10.3. The lowest BCUT2D eigenvalue weighted by atomic mass is 9.94. The summed E-state index contributed by atoms with van der Waals surface area (Å²) in [4.78, 5) is 32.0. The maximum Gasteiger partial charge on any atom is 0.318 e. The van der Waals surface area contributed by atoms with Gasteiger partial charge in [-0.05, 0) is 55.8 Å². The van der Waals surface area contributed by atoms with Crippen LogP contribution in [0.4, 0.5) is 10.2 Å². The summed E-state index contributed by atoms with van der Waals surface area (Å²) in [5.41, 5.74) is 2.75. The first-order valence-electron chi connectivity index (χ1n) is 15.7. The molecule has 2 aromatic carbocycles. The van der Waals surface area contributed by atoms with Gasteiger partial charge in [0.05, 0.1) is 23.9 Å². The van der Waals surface area contributed by atoms with Crippen LogP contribution in [-0.4, -0.2) is 83.1 Å². The number of benzene rings is 2. The molecule has 0 unspecified atom stereocenters. The van der Waals surface area contributed by atoms with Crippen molar-refractivity contribution in [3.63, 3.8) is 0 Å². The molecule has 0 saturated carbocycles. The fourth-order valence-electron chi connectivity index (χ4n) is 7.74. The zero-order valence-corrected chi connectivity index (χ0v) is 25.9. The van der Waals surface area contributed by atoms with E-state index in [4.69, 9.17) is 37.6 Å². The highest BCUT2D eigenvalue weighted by Crippen LogP contribution is 2.41. The molecule has 0 spiro atoms. The van der Waals surface area contributed by atoms with E-state index in [-0.39, 0.29) is 31.3 Å². The minimum atomic E-state index is -1.02. The van der Waals surface area contributed by atoms with Gasteiger partial charge in [-0.3, -0.25) is 9.69 Å². The highest BCUT2D eigenvalue weighted by Gasteiger charge is 2.45. The molecular weight excluding hydrogens is 595 g/mol. The Morgan fingerprint density at radius 1 is 1.16 bits per heavy atom. The van der Waals surface area contributed by atoms with Gasteiger partial charge >= 0.3 is 6.01 Å². The van der Waals surface area contributed by atoms with E-state index in [1.54, 1.807) is 0 Å². The third kappa shape index (κ3) is 5.51. The van der Waals surface area contributed by atoms with E-state index in [1.807, 2.05) is 30.3 Å². The van der Waals surface area contributed by atoms with Crippen LogP contribution >= 0.6 is 11.6 Å². The lowest BCUT2D eigenvalue weighted by Gasteiger charge is -2.40. The molecule has 0 aliphatic carbocycles. The standard InChI is InChI=1S/C34H36ClFN6O3/c1-22(36)32(43)42-16-15-40(19-24(42)18-37-2)31-26-20-44-29(25-9-3-7-23-8-4-10-27(35)30(23)25)17-28(26)38-33(39-31)45-21-34-11-5-13-41(34)14-6-12-34/h3-4,7-10,24,29H,1,5-6,11-21H2/t24-,29-/m0/s1. The molecule has 0 N–H and O–H groups in total. The lowest BCUT2D eigenvalue weighted by molar-refractivity contribution is -0.131. The number of anilines is 1. The van der Waals surface area contributed by atoms with Gasteiger partial charge < -0.3 is 24.1 Å². The Morgan fingerprint density at radius 2 is 1.93 bits per heavy atom. The minimum Gasteiger partial charge on any atom is -0.461 e. The number of aromatic nitrogens is 2. The summed E-state index contributed by atoms with van der Waals surface area (Å²) < 4.78 is 26.8. The van der Waals surface area contributed by atoms with Crippen molar-refractivity contribution in [1.29, 1.82) is 0 Å². The third-order valence-electron chi connectivity index (χ3n) is 9.95. The molecule has 9 nitrogen and oxygen atoms in total. The molecule has 234 valence electrons. The van der Waals surface area contributed by atoms with E-state index in [9.17, 15) is 9.18 Å². The molecule has 0 bridgehead atoms. The topological polar surface area (TPSA) is 75.4 Å². The molecular formula is C34H36ClFN6O3. The second-order valence-corrected chi connectivity index (χ2v) is 12.9. The van der Waals surface area contributed by atoms with Crippen LogP contribution in [0.2, 0.25) is 5.02 Å². The molecule has 4 aliphatic heterocycles. The summed E-state index contributed by atoms with van der Waals surface area (Å²) >= 11 is 6.68. The Labute approximate surface area is 267 Å². The van der Waals surface area contributed by atoms with Crippen LogP contribution in [0, 0.1) is 6.57 Å². The van der Waals surface area contributed by atoms with Crippen LogP contribution in [0.25, 0.3) is 15.6 Å². The maximum absolute atomic E-state index is 13.9. The average Bonchev–Trinajstić information content (AvgIpc) is 3.63. The Balaban J connectivity index is 1.23. The number of ether oxygens (including phenoxy) is 2. The smallest absolute Gasteiger partial charge is 0.318 e. The van der Waals surface area contributed by atoms with Crippen molar-refractivity contribution >= 4 is 34.1 Å². The van der Waals surface area contributed by atoms with Gasteiger partial charge in [0.2, 0.25) is 6.54 Å². The van der Waals surface area contributed by atoms with Crippen molar-refractivity contribution in [3.05, 3.63) is 82.1 Å². The van der Waals surface area contributed by atoms with Crippen LogP contribution in [-0.2, 0) is 22.6 Å². The highest BCUT2D eigenvalue weighted by molar-refractivity contribution is 6.35. The Hall–Kier alpha value is -3.78. The first-order chi connectivity index (χ1) is 21.9. The SMILES string of the molecule is [C-]#[N+]C[C@H]1CN(c2nc(OCC34CCCN3CCC4)nc3c2CO[C@H](c2cccc4cccc(Cl)c24)C3)CCN1C(=O)C(=C)F. The number of hydrogen-bond donors (Lipinski definition) is 0. The number of piperazine rings is 1. The number of carbonyl (C=O) groups is 1. The van der Waals surface area contributed by atoms with E-state index < -0.39 is 17.8 Å². The Bertz CT molecular complexity index is 1680. The van der Waals surface area contributed by atoms with Crippen LogP contribution in [0.5, 0.6) is 6.01 Å². The van der Waals surface area contributed by atoms with E-state index in [0.29, 0.717) is 43.0 Å². The highest BCUT2D eigenvalue weighted by atomic mass is 35.5. The van der Waals surface area contributed by atoms with Gasteiger partial charge in [0, 0.05) is 42.0 Å². The number of carbonyl (C=O) groups excluding carboxylic acids is 1.